The minimum absolute atomic E-state index is 0.301. The first kappa shape index (κ1) is 11.2. The summed E-state index contributed by atoms with van der Waals surface area (Å²) >= 11 is 1.68. The summed E-state index contributed by atoms with van der Waals surface area (Å²) in [7, 11) is 0. The lowest BCUT2D eigenvalue weighted by Crippen LogP contribution is -2.24. The third kappa shape index (κ3) is 2.22. The third-order valence-electron chi connectivity index (χ3n) is 3.09. The van der Waals surface area contributed by atoms with E-state index in [1.54, 1.807) is 18.3 Å². The Labute approximate surface area is 104 Å². The fraction of sp³-hybridized carbons (Fsp3) is 0.583. The van der Waals surface area contributed by atoms with Crippen molar-refractivity contribution in [2.24, 2.45) is 0 Å². The molecule has 2 aromatic heterocycles. The molecular weight excluding hydrogens is 234 g/mol. The van der Waals surface area contributed by atoms with E-state index in [0.29, 0.717) is 12.5 Å². The van der Waals surface area contributed by atoms with Crippen LogP contribution in [-0.2, 0) is 6.54 Å². The van der Waals surface area contributed by atoms with E-state index in [2.05, 4.69) is 21.3 Å². The number of hydrogen-bond donors (Lipinski definition) is 2. The zero-order chi connectivity index (χ0) is 11.8. The lowest BCUT2D eigenvalue weighted by atomic mass is 10.2. The smallest absolute Gasteiger partial charge is 0.194 e. The number of rotatable bonds is 5. The van der Waals surface area contributed by atoms with Crippen LogP contribution in [0.4, 0.5) is 0 Å². The molecule has 1 fully saturated rings. The van der Waals surface area contributed by atoms with Crippen LogP contribution in [-0.4, -0.2) is 27.1 Å². The lowest BCUT2D eigenvalue weighted by molar-refractivity contribution is 0.190. The van der Waals surface area contributed by atoms with E-state index >= 15 is 0 Å². The summed E-state index contributed by atoms with van der Waals surface area (Å²) in [5.41, 5.74) is 2.53. The summed E-state index contributed by atoms with van der Waals surface area (Å²) in [6, 6.07) is 0. The van der Waals surface area contributed by atoms with Crippen LogP contribution in [0.2, 0.25) is 0 Å². The van der Waals surface area contributed by atoms with Gasteiger partial charge in [-0.05, 0) is 19.8 Å². The van der Waals surface area contributed by atoms with Gasteiger partial charge in [-0.2, -0.15) is 0 Å². The maximum absolute atomic E-state index is 9.26. The van der Waals surface area contributed by atoms with Gasteiger partial charge in [-0.1, -0.05) is 0 Å². The number of fused-ring (bicyclic) bond motifs is 1. The predicted molar refractivity (Wildman–Crippen MR) is 68.4 cm³/mol. The van der Waals surface area contributed by atoms with Gasteiger partial charge in [0.05, 0.1) is 17.5 Å². The molecule has 1 aliphatic carbocycles. The predicted octanol–water partition coefficient (Wildman–Crippen LogP) is 1.74. The van der Waals surface area contributed by atoms with Gasteiger partial charge in [-0.15, -0.1) is 11.3 Å². The summed E-state index contributed by atoms with van der Waals surface area (Å²) in [5, 5.41) is 14.6. The molecule has 0 aliphatic heterocycles. The van der Waals surface area contributed by atoms with Gasteiger partial charge >= 0.3 is 0 Å². The number of thiazole rings is 1. The molecule has 1 saturated carbocycles. The standard InChI is InChI=1S/C12H17N3OS/c1-8(16)6-13-7-10-11(9-2-3-9)14-12-15(10)4-5-17-12/h4-5,8-9,13,16H,2-3,6-7H2,1H3. The fourth-order valence-corrected chi connectivity index (χ4v) is 2.85. The Hall–Kier alpha value is -0.910. The molecule has 1 aliphatic rings. The number of imidazole rings is 1. The molecule has 1 unspecified atom stereocenters. The maximum Gasteiger partial charge on any atom is 0.194 e. The van der Waals surface area contributed by atoms with Crippen molar-refractivity contribution in [3.8, 4) is 0 Å². The molecule has 3 rings (SSSR count). The van der Waals surface area contributed by atoms with Crippen LogP contribution in [0, 0.1) is 0 Å². The van der Waals surface area contributed by atoms with Gasteiger partial charge in [0, 0.05) is 30.6 Å². The SMILES string of the molecule is CC(O)CNCc1c(C2CC2)nc2sccn12. The van der Waals surface area contributed by atoms with Gasteiger partial charge in [-0.25, -0.2) is 4.98 Å². The van der Waals surface area contributed by atoms with Crippen LogP contribution in [0.15, 0.2) is 11.6 Å². The summed E-state index contributed by atoms with van der Waals surface area (Å²) in [4.78, 5) is 5.80. The first-order valence-corrected chi connectivity index (χ1v) is 6.97. The molecule has 4 nitrogen and oxygen atoms in total. The van der Waals surface area contributed by atoms with Crippen molar-refractivity contribution < 1.29 is 5.11 Å². The molecule has 17 heavy (non-hydrogen) atoms. The van der Waals surface area contributed by atoms with Crippen LogP contribution in [0.25, 0.3) is 4.96 Å². The average molecular weight is 251 g/mol. The molecule has 0 radical (unpaired) electrons. The molecule has 2 heterocycles. The van der Waals surface area contributed by atoms with E-state index in [-0.39, 0.29) is 6.10 Å². The molecule has 92 valence electrons. The molecule has 1 atom stereocenters. The zero-order valence-electron chi connectivity index (χ0n) is 9.89. The highest BCUT2D eigenvalue weighted by atomic mass is 32.1. The molecule has 0 bridgehead atoms. The van der Waals surface area contributed by atoms with Gasteiger partial charge in [0.1, 0.15) is 0 Å². The number of hydrogen-bond acceptors (Lipinski definition) is 4. The number of aliphatic hydroxyl groups excluding tert-OH is 1. The normalized spacial score (nSPS) is 17.8. The van der Waals surface area contributed by atoms with Gasteiger partial charge in [-0.3, -0.25) is 4.40 Å². The molecular formula is C12H17N3OS. The van der Waals surface area contributed by atoms with E-state index in [9.17, 15) is 5.11 Å². The van der Waals surface area contributed by atoms with Gasteiger partial charge in [0.2, 0.25) is 0 Å². The summed E-state index contributed by atoms with van der Waals surface area (Å²) in [6.07, 6.45) is 4.33. The second kappa shape index (κ2) is 4.40. The van der Waals surface area contributed by atoms with E-state index in [4.69, 9.17) is 4.98 Å². The number of nitrogens with zero attached hydrogens (tertiary/aromatic N) is 2. The minimum Gasteiger partial charge on any atom is -0.392 e. The Kier molecular flexibility index (Phi) is 2.90. The van der Waals surface area contributed by atoms with Crippen LogP contribution in [0.1, 0.15) is 37.1 Å². The second-order valence-electron chi connectivity index (χ2n) is 4.75. The number of aromatic nitrogens is 2. The molecule has 2 N–H and O–H groups in total. The van der Waals surface area contributed by atoms with E-state index in [1.165, 1.54) is 24.2 Å². The van der Waals surface area contributed by atoms with Gasteiger partial charge in [0.15, 0.2) is 4.96 Å². The third-order valence-corrected chi connectivity index (χ3v) is 3.84. The Morgan fingerprint density at radius 2 is 2.47 bits per heavy atom. The first-order valence-electron chi connectivity index (χ1n) is 6.09. The van der Waals surface area contributed by atoms with Crippen LogP contribution in [0.3, 0.4) is 0 Å². The molecule has 2 aromatic rings. The van der Waals surface area contributed by atoms with Crippen LogP contribution < -0.4 is 5.32 Å². The summed E-state index contributed by atoms with van der Waals surface area (Å²) in [6.45, 7) is 3.21. The molecule has 0 saturated heterocycles. The van der Waals surface area contributed by atoms with Crippen molar-refractivity contribution in [3.63, 3.8) is 0 Å². The van der Waals surface area contributed by atoms with Crippen molar-refractivity contribution in [2.45, 2.75) is 38.3 Å². The molecule has 0 spiro atoms. The maximum atomic E-state index is 9.26. The van der Waals surface area contributed by atoms with Crippen LogP contribution >= 0.6 is 11.3 Å². The lowest BCUT2D eigenvalue weighted by Gasteiger charge is -2.07. The van der Waals surface area contributed by atoms with E-state index in [1.807, 2.05) is 0 Å². The Balaban J connectivity index is 1.83. The van der Waals surface area contributed by atoms with E-state index < -0.39 is 0 Å². The molecule has 5 heteroatoms. The molecule has 0 aromatic carbocycles. The average Bonchev–Trinajstić information content (AvgIpc) is 2.92. The first-order chi connectivity index (χ1) is 8.25. The Bertz CT molecular complexity index is 513. The van der Waals surface area contributed by atoms with Crippen LogP contribution in [0.5, 0.6) is 0 Å². The zero-order valence-corrected chi connectivity index (χ0v) is 10.7. The number of aliphatic hydroxyl groups is 1. The van der Waals surface area contributed by atoms with Crippen molar-refractivity contribution in [2.75, 3.05) is 6.54 Å². The Morgan fingerprint density at radius 3 is 3.18 bits per heavy atom. The second-order valence-corrected chi connectivity index (χ2v) is 5.63. The summed E-state index contributed by atoms with van der Waals surface area (Å²) in [5.74, 6) is 0.672. The van der Waals surface area contributed by atoms with Gasteiger partial charge < -0.3 is 10.4 Å². The molecule has 0 amide bonds. The highest BCUT2D eigenvalue weighted by Crippen LogP contribution is 2.41. The van der Waals surface area contributed by atoms with Crippen molar-refractivity contribution in [3.05, 3.63) is 23.0 Å². The van der Waals surface area contributed by atoms with Crippen molar-refractivity contribution in [1.29, 1.82) is 0 Å². The minimum atomic E-state index is -0.301. The fourth-order valence-electron chi connectivity index (χ4n) is 2.11. The number of nitrogens with one attached hydrogen (secondary N) is 1. The highest BCUT2D eigenvalue weighted by Gasteiger charge is 2.30. The summed E-state index contributed by atoms with van der Waals surface area (Å²) < 4.78 is 2.17. The highest BCUT2D eigenvalue weighted by molar-refractivity contribution is 7.15. The van der Waals surface area contributed by atoms with Crippen molar-refractivity contribution >= 4 is 16.3 Å². The van der Waals surface area contributed by atoms with Gasteiger partial charge in [0.25, 0.3) is 0 Å². The van der Waals surface area contributed by atoms with E-state index in [0.717, 1.165) is 11.5 Å². The largest absolute Gasteiger partial charge is 0.392 e. The quantitative estimate of drug-likeness (QED) is 0.851. The van der Waals surface area contributed by atoms with Crippen molar-refractivity contribution in [1.82, 2.24) is 14.7 Å². The topological polar surface area (TPSA) is 49.6 Å². The monoisotopic (exact) mass is 251 g/mol. The Morgan fingerprint density at radius 1 is 1.65 bits per heavy atom.